The Hall–Kier alpha value is -3.54. The van der Waals surface area contributed by atoms with E-state index in [4.69, 9.17) is 0 Å². The predicted octanol–water partition coefficient (Wildman–Crippen LogP) is 3.05. The molecule has 1 atom stereocenters. The molecule has 0 saturated carbocycles. The van der Waals surface area contributed by atoms with Crippen LogP contribution >= 0.6 is 0 Å². The van der Waals surface area contributed by atoms with Crippen molar-refractivity contribution in [1.82, 2.24) is 19.5 Å². The van der Waals surface area contributed by atoms with E-state index in [9.17, 15) is 4.79 Å². The number of nitrogens with zero attached hydrogens (tertiary/aromatic N) is 4. The van der Waals surface area contributed by atoms with Crippen LogP contribution in [0.3, 0.4) is 0 Å². The number of hydrogen-bond donors (Lipinski definition) is 1. The Morgan fingerprint density at radius 1 is 0.960 bits per heavy atom. The van der Waals surface area contributed by atoms with Crippen molar-refractivity contribution in [2.24, 2.45) is 0 Å². The molecule has 0 spiro atoms. The molecule has 1 amide bonds. The number of fused-ring (bicyclic) bond motifs is 1. The van der Waals surface area contributed by atoms with Gasteiger partial charge in [0.05, 0.1) is 18.2 Å². The monoisotopic (exact) mass is 329 g/mol. The molecule has 25 heavy (non-hydrogen) atoms. The number of carbonyl (C=O) groups excluding carboxylic acids is 1. The molecule has 3 aromatic heterocycles. The lowest BCUT2D eigenvalue weighted by atomic mass is 10.1. The third-order valence-corrected chi connectivity index (χ3v) is 3.90. The lowest BCUT2D eigenvalue weighted by Gasteiger charge is -2.19. The van der Waals surface area contributed by atoms with E-state index in [1.54, 1.807) is 41.6 Å². The zero-order valence-electron chi connectivity index (χ0n) is 13.3. The van der Waals surface area contributed by atoms with Gasteiger partial charge >= 0.3 is 0 Å². The van der Waals surface area contributed by atoms with Crippen molar-refractivity contribution in [2.45, 2.75) is 6.04 Å². The fourth-order valence-electron chi connectivity index (χ4n) is 2.78. The number of hydrogen-bond acceptors (Lipinski definition) is 4. The van der Waals surface area contributed by atoms with Crippen molar-refractivity contribution >= 4 is 22.8 Å². The topological polar surface area (TPSA) is 72.7 Å². The summed E-state index contributed by atoms with van der Waals surface area (Å²) in [4.78, 5) is 25.8. The standard InChI is InChI=1S/C19H15N5O/c25-19(23-15-8-4-10-20-12-15)17(14-6-2-1-3-7-14)24-13-22-16-9-5-11-21-18(16)24/h1-13,17H,(H,23,25). The van der Waals surface area contributed by atoms with Gasteiger partial charge < -0.3 is 5.32 Å². The van der Waals surface area contributed by atoms with Crippen molar-refractivity contribution in [3.63, 3.8) is 0 Å². The normalized spacial score (nSPS) is 12.0. The maximum atomic E-state index is 13.0. The quantitative estimate of drug-likeness (QED) is 0.624. The zero-order valence-corrected chi connectivity index (χ0v) is 13.3. The minimum Gasteiger partial charge on any atom is -0.323 e. The summed E-state index contributed by atoms with van der Waals surface area (Å²) in [5, 5.41) is 2.92. The van der Waals surface area contributed by atoms with E-state index in [-0.39, 0.29) is 5.91 Å². The molecule has 0 aliphatic carbocycles. The maximum Gasteiger partial charge on any atom is 0.252 e. The third kappa shape index (κ3) is 2.97. The second kappa shape index (κ2) is 6.52. The molecular formula is C19H15N5O. The van der Waals surface area contributed by atoms with Gasteiger partial charge in [-0.3, -0.25) is 14.3 Å². The number of nitrogens with one attached hydrogen (secondary N) is 1. The Morgan fingerprint density at radius 2 is 1.80 bits per heavy atom. The molecule has 0 bridgehead atoms. The van der Waals surface area contributed by atoms with E-state index in [2.05, 4.69) is 20.3 Å². The SMILES string of the molecule is O=C(Nc1cccnc1)C(c1ccccc1)n1cnc2cccnc21. The van der Waals surface area contributed by atoms with E-state index >= 15 is 0 Å². The minimum atomic E-state index is -0.582. The number of imidazole rings is 1. The van der Waals surface area contributed by atoms with Crippen LogP contribution in [-0.4, -0.2) is 25.4 Å². The number of pyridine rings is 2. The van der Waals surface area contributed by atoms with Crippen LogP contribution in [0.4, 0.5) is 5.69 Å². The summed E-state index contributed by atoms with van der Waals surface area (Å²) in [6.07, 6.45) is 6.63. The van der Waals surface area contributed by atoms with Crippen LogP contribution in [0.15, 0.2) is 79.5 Å². The Balaban J connectivity index is 1.78. The molecule has 0 aliphatic rings. The van der Waals surface area contributed by atoms with E-state index < -0.39 is 6.04 Å². The highest BCUT2D eigenvalue weighted by Gasteiger charge is 2.24. The fraction of sp³-hybridized carbons (Fsp3) is 0.0526. The van der Waals surface area contributed by atoms with E-state index in [0.29, 0.717) is 11.3 Å². The number of anilines is 1. The number of amides is 1. The second-order valence-electron chi connectivity index (χ2n) is 5.54. The largest absolute Gasteiger partial charge is 0.323 e. The lowest BCUT2D eigenvalue weighted by Crippen LogP contribution is -2.27. The summed E-state index contributed by atoms with van der Waals surface area (Å²) in [5.41, 5.74) is 2.91. The van der Waals surface area contributed by atoms with Crippen LogP contribution in [0.1, 0.15) is 11.6 Å². The first kappa shape index (κ1) is 15.0. The highest BCUT2D eigenvalue weighted by atomic mass is 16.2. The van der Waals surface area contributed by atoms with Gasteiger partial charge in [-0.1, -0.05) is 30.3 Å². The van der Waals surface area contributed by atoms with Crippen molar-refractivity contribution in [3.8, 4) is 0 Å². The van der Waals surface area contributed by atoms with Crippen molar-refractivity contribution in [3.05, 3.63) is 85.1 Å². The van der Waals surface area contributed by atoms with Crippen LogP contribution in [0.25, 0.3) is 11.2 Å². The molecule has 1 aromatic carbocycles. The van der Waals surface area contributed by atoms with E-state index in [1.807, 2.05) is 42.5 Å². The molecule has 1 N–H and O–H groups in total. The second-order valence-corrected chi connectivity index (χ2v) is 5.54. The molecular weight excluding hydrogens is 314 g/mol. The minimum absolute atomic E-state index is 0.177. The van der Waals surface area contributed by atoms with Crippen molar-refractivity contribution in [2.75, 3.05) is 5.32 Å². The Labute approximate surface area is 144 Å². The summed E-state index contributed by atoms with van der Waals surface area (Å²) < 4.78 is 1.79. The van der Waals surface area contributed by atoms with Gasteiger partial charge in [-0.2, -0.15) is 0 Å². The molecule has 0 radical (unpaired) electrons. The van der Waals surface area contributed by atoms with Crippen LogP contribution in [0, 0.1) is 0 Å². The number of carbonyl (C=O) groups is 1. The summed E-state index contributed by atoms with van der Waals surface area (Å²) in [6, 6.07) is 16.3. The zero-order chi connectivity index (χ0) is 17.1. The van der Waals surface area contributed by atoms with E-state index in [1.165, 1.54) is 0 Å². The van der Waals surface area contributed by atoms with Gasteiger partial charge in [0, 0.05) is 12.4 Å². The number of aromatic nitrogens is 4. The van der Waals surface area contributed by atoms with E-state index in [0.717, 1.165) is 11.1 Å². The van der Waals surface area contributed by atoms with Crippen LogP contribution in [-0.2, 0) is 4.79 Å². The average Bonchev–Trinajstić information content (AvgIpc) is 3.08. The smallest absolute Gasteiger partial charge is 0.252 e. The van der Waals surface area contributed by atoms with Crippen molar-refractivity contribution < 1.29 is 4.79 Å². The molecule has 4 rings (SSSR count). The molecule has 6 heteroatoms. The van der Waals surface area contributed by atoms with Gasteiger partial charge in [0.1, 0.15) is 11.6 Å². The molecule has 4 aromatic rings. The van der Waals surface area contributed by atoms with Gasteiger partial charge in [-0.15, -0.1) is 0 Å². The van der Waals surface area contributed by atoms with Gasteiger partial charge in [0.25, 0.3) is 5.91 Å². The first-order valence-corrected chi connectivity index (χ1v) is 7.86. The number of rotatable bonds is 4. The Kier molecular flexibility index (Phi) is 3.92. The summed E-state index contributed by atoms with van der Waals surface area (Å²) in [5.74, 6) is -0.177. The van der Waals surface area contributed by atoms with Gasteiger partial charge in [-0.05, 0) is 29.8 Å². The Bertz CT molecular complexity index is 998. The summed E-state index contributed by atoms with van der Waals surface area (Å²) in [6.45, 7) is 0. The third-order valence-electron chi connectivity index (χ3n) is 3.90. The molecule has 0 fully saturated rings. The lowest BCUT2D eigenvalue weighted by molar-refractivity contribution is -0.118. The van der Waals surface area contributed by atoms with Gasteiger partial charge in [-0.25, -0.2) is 9.97 Å². The molecule has 122 valence electrons. The first-order chi connectivity index (χ1) is 12.3. The van der Waals surface area contributed by atoms with Crippen LogP contribution in [0.2, 0.25) is 0 Å². The number of benzene rings is 1. The molecule has 6 nitrogen and oxygen atoms in total. The highest BCUT2D eigenvalue weighted by molar-refractivity contribution is 5.96. The Morgan fingerprint density at radius 3 is 2.60 bits per heavy atom. The van der Waals surface area contributed by atoms with Gasteiger partial charge in [0.15, 0.2) is 5.65 Å². The maximum absolute atomic E-state index is 13.0. The molecule has 1 unspecified atom stereocenters. The molecule has 3 heterocycles. The highest BCUT2D eigenvalue weighted by Crippen LogP contribution is 2.24. The fourth-order valence-corrected chi connectivity index (χ4v) is 2.78. The average molecular weight is 329 g/mol. The first-order valence-electron chi connectivity index (χ1n) is 7.86. The molecule has 0 aliphatic heterocycles. The van der Waals surface area contributed by atoms with Crippen LogP contribution in [0.5, 0.6) is 0 Å². The van der Waals surface area contributed by atoms with Gasteiger partial charge in [0.2, 0.25) is 0 Å². The van der Waals surface area contributed by atoms with Crippen LogP contribution < -0.4 is 5.32 Å². The predicted molar refractivity (Wildman–Crippen MR) is 95.0 cm³/mol. The summed E-state index contributed by atoms with van der Waals surface area (Å²) in [7, 11) is 0. The van der Waals surface area contributed by atoms with Crippen molar-refractivity contribution in [1.29, 1.82) is 0 Å². The summed E-state index contributed by atoms with van der Waals surface area (Å²) >= 11 is 0. The molecule has 0 saturated heterocycles.